The monoisotopic (exact) mass is 292 g/mol. The molecule has 102 valence electrons. The predicted molar refractivity (Wildman–Crippen MR) is 87.0 cm³/mol. The molecule has 0 atom stereocenters. The lowest BCUT2D eigenvalue weighted by Crippen LogP contribution is -2.09. The van der Waals surface area contributed by atoms with Gasteiger partial charge in [0.15, 0.2) is 4.96 Å². The zero-order valence-corrected chi connectivity index (χ0v) is 12.2. The maximum atomic E-state index is 12.5. The van der Waals surface area contributed by atoms with E-state index in [9.17, 15) is 4.79 Å². The molecule has 4 rings (SSSR count). The third-order valence-electron chi connectivity index (χ3n) is 3.51. The summed E-state index contributed by atoms with van der Waals surface area (Å²) in [6.45, 7) is 2.05. The second kappa shape index (κ2) is 4.53. The molecule has 0 unspecified atom stereocenters. The van der Waals surface area contributed by atoms with E-state index in [-0.39, 0.29) is 5.56 Å². The van der Waals surface area contributed by atoms with Gasteiger partial charge < -0.3 is 0 Å². The van der Waals surface area contributed by atoms with Gasteiger partial charge in [-0.1, -0.05) is 53.3 Å². The summed E-state index contributed by atoms with van der Waals surface area (Å²) in [7, 11) is 0. The third kappa shape index (κ3) is 1.96. The molecule has 2 aromatic carbocycles. The third-order valence-corrected chi connectivity index (χ3v) is 4.54. The number of benzene rings is 2. The molecule has 2 heterocycles. The second-order valence-corrected chi connectivity index (χ2v) is 6.05. The highest BCUT2D eigenvalue weighted by Gasteiger charge is 2.10. The van der Waals surface area contributed by atoms with Crippen molar-refractivity contribution in [2.75, 3.05) is 0 Å². The number of imidazole rings is 1. The summed E-state index contributed by atoms with van der Waals surface area (Å²) in [5.74, 6) is 0. The number of aryl methyl sites for hydroxylation is 1. The lowest BCUT2D eigenvalue weighted by atomic mass is 10.1. The van der Waals surface area contributed by atoms with Gasteiger partial charge in [0, 0.05) is 10.9 Å². The first-order valence-corrected chi connectivity index (χ1v) is 7.52. The number of para-hydroxylation sites is 2. The standard InChI is InChI=1S/C17H12N2OS/c1-11-5-4-6-12(9-11)15-10-16(20)19-14-8-3-2-7-13(14)18-17(19)21-15/h2-10H,1H3. The normalized spacial score (nSPS) is 11.3. The average molecular weight is 292 g/mol. The molecule has 0 N–H and O–H groups in total. The molecule has 21 heavy (non-hydrogen) atoms. The van der Waals surface area contributed by atoms with Gasteiger partial charge in [-0.3, -0.25) is 9.20 Å². The van der Waals surface area contributed by atoms with Crippen LogP contribution in [0.3, 0.4) is 0 Å². The molecule has 0 saturated carbocycles. The van der Waals surface area contributed by atoms with Gasteiger partial charge in [-0.15, -0.1) is 0 Å². The van der Waals surface area contributed by atoms with E-state index in [2.05, 4.69) is 24.0 Å². The molecule has 0 aliphatic carbocycles. The molecule has 2 aromatic heterocycles. The van der Waals surface area contributed by atoms with Crippen LogP contribution in [0.2, 0.25) is 0 Å². The van der Waals surface area contributed by atoms with E-state index in [1.807, 2.05) is 36.4 Å². The Morgan fingerprint density at radius 2 is 1.90 bits per heavy atom. The smallest absolute Gasteiger partial charge is 0.258 e. The summed E-state index contributed by atoms with van der Waals surface area (Å²) in [5, 5.41) is 0. The molecule has 4 aromatic rings. The SMILES string of the molecule is Cc1cccc(-c2cc(=O)n3c(nc4ccccc43)s2)c1. The average Bonchev–Trinajstić information content (AvgIpc) is 2.86. The van der Waals surface area contributed by atoms with E-state index in [0.717, 1.165) is 26.4 Å². The van der Waals surface area contributed by atoms with Crippen LogP contribution in [0.5, 0.6) is 0 Å². The molecule has 0 fully saturated rings. The molecule has 4 heteroatoms. The molecule has 3 nitrogen and oxygen atoms in total. The molecule has 0 bridgehead atoms. The van der Waals surface area contributed by atoms with Crippen LogP contribution in [0.15, 0.2) is 59.4 Å². The molecule has 0 aliphatic heterocycles. The number of hydrogen-bond acceptors (Lipinski definition) is 3. The van der Waals surface area contributed by atoms with Crippen molar-refractivity contribution < 1.29 is 0 Å². The van der Waals surface area contributed by atoms with E-state index < -0.39 is 0 Å². The fourth-order valence-electron chi connectivity index (χ4n) is 2.53. The summed E-state index contributed by atoms with van der Waals surface area (Å²) < 4.78 is 1.68. The number of hydrogen-bond donors (Lipinski definition) is 0. The van der Waals surface area contributed by atoms with Crippen LogP contribution in [-0.4, -0.2) is 9.38 Å². The maximum absolute atomic E-state index is 12.5. The van der Waals surface area contributed by atoms with Crippen LogP contribution in [0.25, 0.3) is 26.4 Å². The molecule has 0 radical (unpaired) electrons. The van der Waals surface area contributed by atoms with Gasteiger partial charge in [-0.05, 0) is 24.6 Å². The van der Waals surface area contributed by atoms with Crippen molar-refractivity contribution in [3.63, 3.8) is 0 Å². The first kappa shape index (κ1) is 12.3. The van der Waals surface area contributed by atoms with Gasteiger partial charge in [-0.2, -0.15) is 0 Å². The highest BCUT2D eigenvalue weighted by Crippen LogP contribution is 2.27. The van der Waals surface area contributed by atoms with Crippen molar-refractivity contribution in [1.29, 1.82) is 0 Å². The summed E-state index contributed by atoms with van der Waals surface area (Å²) in [6, 6.07) is 17.6. The predicted octanol–water partition coefficient (Wildman–Crippen LogP) is 3.88. The minimum atomic E-state index is -0.0334. The molecule has 0 amide bonds. The first-order chi connectivity index (χ1) is 10.2. The molecular weight excluding hydrogens is 280 g/mol. The van der Waals surface area contributed by atoms with E-state index in [1.54, 1.807) is 21.8 Å². The van der Waals surface area contributed by atoms with Gasteiger partial charge in [0.25, 0.3) is 5.56 Å². The summed E-state index contributed by atoms with van der Waals surface area (Å²) >= 11 is 1.54. The lowest BCUT2D eigenvalue weighted by Gasteiger charge is -2.02. The minimum absolute atomic E-state index is 0.0334. The van der Waals surface area contributed by atoms with Crippen LogP contribution in [0.4, 0.5) is 0 Å². The Hall–Kier alpha value is -2.46. The minimum Gasteiger partial charge on any atom is -0.269 e. The quantitative estimate of drug-likeness (QED) is 0.533. The zero-order valence-electron chi connectivity index (χ0n) is 11.4. The maximum Gasteiger partial charge on any atom is 0.258 e. The Bertz CT molecular complexity index is 1030. The largest absolute Gasteiger partial charge is 0.269 e. The topological polar surface area (TPSA) is 34.4 Å². The summed E-state index contributed by atoms with van der Waals surface area (Å²) in [5.41, 5.74) is 3.93. The van der Waals surface area contributed by atoms with Gasteiger partial charge in [-0.25, -0.2) is 4.98 Å². The summed E-state index contributed by atoms with van der Waals surface area (Å²) in [6.07, 6.45) is 0. The van der Waals surface area contributed by atoms with E-state index >= 15 is 0 Å². The lowest BCUT2D eigenvalue weighted by molar-refractivity contribution is 1.18. The van der Waals surface area contributed by atoms with E-state index in [0.29, 0.717) is 0 Å². The van der Waals surface area contributed by atoms with Gasteiger partial charge in [0.1, 0.15) is 0 Å². The molecule has 0 spiro atoms. The second-order valence-electron chi connectivity index (χ2n) is 5.04. The zero-order chi connectivity index (χ0) is 14.4. The van der Waals surface area contributed by atoms with Gasteiger partial charge in [0.05, 0.1) is 11.0 Å². The van der Waals surface area contributed by atoms with Crippen LogP contribution in [0.1, 0.15) is 5.56 Å². The van der Waals surface area contributed by atoms with Crippen LogP contribution < -0.4 is 5.56 Å². The Labute approximate surface area is 125 Å². The van der Waals surface area contributed by atoms with Crippen molar-refractivity contribution in [2.45, 2.75) is 6.92 Å². The fourth-order valence-corrected chi connectivity index (χ4v) is 3.56. The van der Waals surface area contributed by atoms with Gasteiger partial charge >= 0.3 is 0 Å². The van der Waals surface area contributed by atoms with Crippen molar-refractivity contribution in [1.82, 2.24) is 9.38 Å². The van der Waals surface area contributed by atoms with Crippen LogP contribution in [0, 0.1) is 6.92 Å². The van der Waals surface area contributed by atoms with Crippen molar-refractivity contribution in [3.8, 4) is 10.4 Å². The van der Waals surface area contributed by atoms with E-state index in [1.165, 1.54) is 5.56 Å². The Morgan fingerprint density at radius 3 is 2.76 bits per heavy atom. The molecule has 0 aliphatic rings. The van der Waals surface area contributed by atoms with Crippen molar-refractivity contribution in [2.24, 2.45) is 0 Å². The summed E-state index contributed by atoms with van der Waals surface area (Å²) in [4.78, 5) is 18.7. The number of nitrogens with zero attached hydrogens (tertiary/aromatic N) is 2. The highest BCUT2D eigenvalue weighted by molar-refractivity contribution is 7.20. The van der Waals surface area contributed by atoms with Crippen LogP contribution in [-0.2, 0) is 0 Å². The van der Waals surface area contributed by atoms with Gasteiger partial charge in [0.2, 0.25) is 0 Å². The Morgan fingerprint density at radius 1 is 1.05 bits per heavy atom. The Kier molecular flexibility index (Phi) is 2.65. The number of rotatable bonds is 1. The van der Waals surface area contributed by atoms with Crippen LogP contribution >= 0.6 is 11.3 Å². The first-order valence-electron chi connectivity index (χ1n) is 6.71. The Balaban J connectivity index is 2.06. The number of aromatic nitrogens is 2. The fraction of sp³-hybridized carbons (Fsp3) is 0.0588. The highest BCUT2D eigenvalue weighted by atomic mass is 32.1. The van der Waals surface area contributed by atoms with Crippen molar-refractivity contribution >= 4 is 27.3 Å². The molecule has 0 saturated heterocycles. The van der Waals surface area contributed by atoms with Crippen molar-refractivity contribution in [3.05, 3.63) is 70.5 Å². The number of fused-ring (bicyclic) bond motifs is 3. The molecular formula is C17H12N2OS. The van der Waals surface area contributed by atoms with E-state index in [4.69, 9.17) is 0 Å².